The van der Waals surface area contributed by atoms with E-state index in [4.69, 9.17) is 9.47 Å². The topological polar surface area (TPSA) is 71.6 Å². The van der Waals surface area contributed by atoms with E-state index < -0.39 is 0 Å². The lowest BCUT2D eigenvalue weighted by Gasteiger charge is -2.34. The molecule has 1 aliphatic carbocycles. The molecule has 0 aliphatic heterocycles. The second-order valence-electron chi connectivity index (χ2n) is 7.99. The standard InChI is InChI=1S/C25H28N2O4/c1-30-22-13-12-18-14-19(25(29)26-23(18)15-22)16-27(20-8-4-2-5-9-20)24(28)17-31-21-10-6-3-7-11-21/h3,6-7,10-15,20H,2,4-5,8-9,16-17H2,1H3,(H,26,29). The summed E-state index contributed by atoms with van der Waals surface area (Å²) < 4.78 is 11.0. The molecule has 1 N–H and O–H groups in total. The monoisotopic (exact) mass is 420 g/mol. The fraction of sp³-hybridized carbons (Fsp3) is 0.360. The van der Waals surface area contributed by atoms with Crippen LogP contribution in [0.2, 0.25) is 0 Å². The van der Waals surface area contributed by atoms with Crippen molar-refractivity contribution < 1.29 is 14.3 Å². The Morgan fingerprint density at radius 1 is 1.03 bits per heavy atom. The van der Waals surface area contributed by atoms with Crippen molar-refractivity contribution >= 4 is 16.8 Å². The molecule has 6 nitrogen and oxygen atoms in total. The van der Waals surface area contributed by atoms with Gasteiger partial charge >= 0.3 is 0 Å². The molecule has 31 heavy (non-hydrogen) atoms. The number of aromatic nitrogens is 1. The highest BCUT2D eigenvalue weighted by Crippen LogP contribution is 2.25. The summed E-state index contributed by atoms with van der Waals surface area (Å²) >= 11 is 0. The summed E-state index contributed by atoms with van der Waals surface area (Å²) in [5, 5.41) is 0.909. The van der Waals surface area contributed by atoms with Gasteiger partial charge in [-0.05, 0) is 48.6 Å². The maximum atomic E-state index is 13.2. The molecule has 0 atom stereocenters. The van der Waals surface area contributed by atoms with Crippen LogP contribution >= 0.6 is 0 Å². The third-order valence-electron chi connectivity index (χ3n) is 5.91. The molecular formula is C25H28N2O4. The molecule has 1 saturated carbocycles. The Morgan fingerprint density at radius 3 is 2.55 bits per heavy atom. The maximum Gasteiger partial charge on any atom is 0.261 e. The lowest BCUT2D eigenvalue weighted by atomic mass is 9.93. The first-order valence-corrected chi connectivity index (χ1v) is 10.8. The molecule has 0 unspecified atom stereocenters. The molecular weight excluding hydrogens is 392 g/mol. The summed E-state index contributed by atoms with van der Waals surface area (Å²) in [5.74, 6) is 1.26. The van der Waals surface area contributed by atoms with Crippen LogP contribution in [-0.2, 0) is 11.3 Å². The number of fused-ring (bicyclic) bond motifs is 1. The number of benzene rings is 2. The van der Waals surface area contributed by atoms with Crippen LogP contribution in [-0.4, -0.2) is 35.5 Å². The predicted octanol–water partition coefficient (Wildman–Crippen LogP) is 4.28. The van der Waals surface area contributed by atoms with E-state index in [0.29, 0.717) is 17.1 Å². The average Bonchev–Trinajstić information content (AvgIpc) is 2.82. The zero-order chi connectivity index (χ0) is 21.6. The number of amides is 1. The number of pyridine rings is 1. The van der Waals surface area contributed by atoms with Crippen molar-refractivity contribution in [2.24, 2.45) is 0 Å². The van der Waals surface area contributed by atoms with Crippen molar-refractivity contribution in [3.05, 3.63) is 70.5 Å². The molecule has 0 bridgehead atoms. The van der Waals surface area contributed by atoms with Gasteiger partial charge in [0.1, 0.15) is 11.5 Å². The number of carbonyl (C=O) groups is 1. The molecule has 2 aromatic carbocycles. The summed E-state index contributed by atoms with van der Waals surface area (Å²) in [7, 11) is 1.60. The van der Waals surface area contributed by atoms with Gasteiger partial charge in [0.25, 0.3) is 11.5 Å². The second kappa shape index (κ2) is 9.69. The van der Waals surface area contributed by atoms with Gasteiger partial charge in [0.05, 0.1) is 19.2 Å². The number of methoxy groups -OCH3 is 1. The number of hydrogen-bond donors (Lipinski definition) is 1. The number of ether oxygens (including phenoxy) is 2. The molecule has 0 spiro atoms. The van der Waals surface area contributed by atoms with Crippen molar-refractivity contribution in [2.75, 3.05) is 13.7 Å². The van der Waals surface area contributed by atoms with Crippen molar-refractivity contribution in [2.45, 2.75) is 44.7 Å². The number of carbonyl (C=O) groups excluding carboxylic acids is 1. The van der Waals surface area contributed by atoms with Crippen molar-refractivity contribution in [1.82, 2.24) is 9.88 Å². The number of hydrogen-bond acceptors (Lipinski definition) is 4. The van der Waals surface area contributed by atoms with Crippen molar-refractivity contribution in [3.63, 3.8) is 0 Å². The molecule has 6 heteroatoms. The van der Waals surface area contributed by atoms with Crippen molar-refractivity contribution in [3.8, 4) is 11.5 Å². The van der Waals surface area contributed by atoms with Crippen LogP contribution in [0.5, 0.6) is 11.5 Å². The molecule has 4 rings (SSSR count). The first-order chi connectivity index (χ1) is 15.1. The number of nitrogens with zero attached hydrogens (tertiary/aromatic N) is 1. The summed E-state index contributed by atoms with van der Waals surface area (Å²) in [5.41, 5.74) is 1.12. The number of aromatic amines is 1. The van der Waals surface area contributed by atoms with Crippen LogP contribution < -0.4 is 15.0 Å². The van der Waals surface area contributed by atoms with E-state index in [2.05, 4.69) is 4.98 Å². The number of nitrogens with one attached hydrogen (secondary N) is 1. The second-order valence-corrected chi connectivity index (χ2v) is 7.99. The Morgan fingerprint density at radius 2 is 1.81 bits per heavy atom. The Balaban J connectivity index is 1.57. The summed E-state index contributed by atoms with van der Waals surface area (Å²) in [6.07, 6.45) is 5.31. The van der Waals surface area contributed by atoms with E-state index in [1.165, 1.54) is 6.42 Å². The van der Waals surface area contributed by atoms with Crippen LogP contribution in [0.15, 0.2) is 59.4 Å². The van der Waals surface area contributed by atoms with Gasteiger partial charge in [-0.3, -0.25) is 9.59 Å². The summed E-state index contributed by atoms with van der Waals surface area (Å²) in [6.45, 7) is 0.238. The molecule has 0 saturated heterocycles. The molecule has 0 radical (unpaired) electrons. The number of rotatable bonds is 7. The quantitative estimate of drug-likeness (QED) is 0.619. The third-order valence-corrected chi connectivity index (χ3v) is 5.91. The molecule has 1 aromatic heterocycles. The van der Waals surface area contributed by atoms with E-state index in [9.17, 15) is 9.59 Å². The minimum atomic E-state index is -0.182. The van der Waals surface area contributed by atoms with Crippen LogP contribution in [0.1, 0.15) is 37.7 Å². The van der Waals surface area contributed by atoms with E-state index in [1.54, 1.807) is 13.2 Å². The lowest BCUT2D eigenvalue weighted by Crippen LogP contribution is -2.44. The first-order valence-electron chi connectivity index (χ1n) is 10.8. The summed E-state index contributed by atoms with van der Waals surface area (Å²) in [4.78, 5) is 30.7. The van der Waals surface area contributed by atoms with Gasteiger partial charge < -0.3 is 19.4 Å². The zero-order valence-electron chi connectivity index (χ0n) is 17.8. The number of H-pyrrole nitrogens is 1. The normalized spacial score (nSPS) is 14.4. The van der Waals surface area contributed by atoms with Gasteiger partial charge in [0.15, 0.2) is 6.61 Å². The molecule has 162 valence electrons. The van der Waals surface area contributed by atoms with Crippen LogP contribution in [0.3, 0.4) is 0 Å². The predicted molar refractivity (Wildman–Crippen MR) is 120 cm³/mol. The minimum Gasteiger partial charge on any atom is -0.497 e. The van der Waals surface area contributed by atoms with E-state index in [0.717, 1.165) is 36.6 Å². The molecule has 1 heterocycles. The maximum absolute atomic E-state index is 13.2. The lowest BCUT2D eigenvalue weighted by molar-refractivity contribution is -0.137. The van der Waals surface area contributed by atoms with Crippen molar-refractivity contribution in [1.29, 1.82) is 0 Å². The first kappa shape index (κ1) is 21.0. The van der Waals surface area contributed by atoms with Gasteiger partial charge in [0.2, 0.25) is 0 Å². The largest absolute Gasteiger partial charge is 0.497 e. The number of para-hydroxylation sites is 1. The SMILES string of the molecule is COc1ccc2cc(CN(C(=O)COc3ccccc3)C3CCCCC3)c(=O)[nH]c2c1. The Labute approximate surface area is 181 Å². The molecule has 1 aliphatic rings. The van der Waals surface area contributed by atoms with Gasteiger partial charge in [-0.15, -0.1) is 0 Å². The fourth-order valence-corrected chi connectivity index (χ4v) is 4.21. The smallest absolute Gasteiger partial charge is 0.261 e. The molecule has 1 fully saturated rings. The molecule has 3 aromatic rings. The highest BCUT2D eigenvalue weighted by molar-refractivity contribution is 5.81. The third kappa shape index (κ3) is 5.08. The highest BCUT2D eigenvalue weighted by atomic mass is 16.5. The van der Waals surface area contributed by atoms with E-state index in [-0.39, 0.29) is 30.7 Å². The summed E-state index contributed by atoms with van der Waals surface area (Å²) in [6, 6.07) is 16.9. The van der Waals surface area contributed by atoms with Crippen LogP contribution in [0, 0.1) is 0 Å². The Kier molecular flexibility index (Phi) is 6.55. The highest BCUT2D eigenvalue weighted by Gasteiger charge is 2.26. The molecule has 1 amide bonds. The van der Waals surface area contributed by atoms with Crippen LogP contribution in [0.4, 0.5) is 0 Å². The average molecular weight is 421 g/mol. The fourth-order valence-electron chi connectivity index (χ4n) is 4.21. The van der Waals surface area contributed by atoms with Gasteiger partial charge in [-0.1, -0.05) is 37.5 Å². The van der Waals surface area contributed by atoms with E-state index in [1.807, 2.05) is 53.4 Å². The van der Waals surface area contributed by atoms with Gasteiger partial charge in [-0.2, -0.15) is 0 Å². The Hall–Kier alpha value is -3.28. The Bertz CT molecular complexity index is 1090. The van der Waals surface area contributed by atoms with Gasteiger partial charge in [0, 0.05) is 17.7 Å². The zero-order valence-corrected chi connectivity index (χ0v) is 17.8. The minimum absolute atomic E-state index is 0.0385. The van der Waals surface area contributed by atoms with E-state index >= 15 is 0 Å². The van der Waals surface area contributed by atoms with Gasteiger partial charge in [-0.25, -0.2) is 0 Å². The van der Waals surface area contributed by atoms with Crippen LogP contribution in [0.25, 0.3) is 10.9 Å².